The molecule has 1 amide bonds. The second-order valence-electron chi connectivity index (χ2n) is 4.47. The van der Waals surface area contributed by atoms with E-state index in [2.05, 4.69) is 5.32 Å². The summed E-state index contributed by atoms with van der Waals surface area (Å²) in [6, 6.07) is 7.43. The summed E-state index contributed by atoms with van der Waals surface area (Å²) in [6.07, 6.45) is 1.77. The van der Waals surface area contributed by atoms with E-state index in [-0.39, 0.29) is 17.9 Å². The molecule has 0 aliphatic heterocycles. The molecule has 18 heavy (non-hydrogen) atoms. The van der Waals surface area contributed by atoms with E-state index in [1.165, 1.54) is 0 Å². The Bertz CT molecular complexity index is 395. The number of benzene rings is 1. The van der Waals surface area contributed by atoms with Gasteiger partial charge in [-0.1, -0.05) is 43.1 Å². The molecule has 100 valence electrons. The molecule has 0 fully saturated rings. The van der Waals surface area contributed by atoms with Gasteiger partial charge in [0, 0.05) is 11.6 Å². The standard InChI is InChI=1S/C14H21ClN2O/c1-3-6-11(9-16)14(18)17-10(2)12-7-4-5-8-13(12)15/h4-5,7-8,10-11H,3,6,9,16H2,1-2H3,(H,17,18)/t10-,11?/m0/s1. The van der Waals surface area contributed by atoms with Crippen molar-refractivity contribution in [3.05, 3.63) is 34.9 Å². The Hall–Kier alpha value is -1.06. The number of amides is 1. The van der Waals surface area contributed by atoms with Gasteiger partial charge in [0.2, 0.25) is 5.91 Å². The number of halogens is 1. The molecule has 0 aliphatic rings. The van der Waals surface area contributed by atoms with Gasteiger partial charge in [0.15, 0.2) is 0 Å². The highest BCUT2D eigenvalue weighted by Gasteiger charge is 2.19. The minimum atomic E-state index is -0.111. The minimum absolute atomic E-state index is 0.00627. The number of nitrogens with two attached hydrogens (primary N) is 1. The second kappa shape index (κ2) is 7.39. The average Bonchev–Trinajstić information content (AvgIpc) is 2.36. The van der Waals surface area contributed by atoms with Crippen LogP contribution in [0.1, 0.15) is 38.3 Å². The molecule has 2 atom stereocenters. The van der Waals surface area contributed by atoms with Crippen molar-refractivity contribution in [3.8, 4) is 0 Å². The summed E-state index contributed by atoms with van der Waals surface area (Å²) >= 11 is 6.10. The monoisotopic (exact) mass is 268 g/mol. The molecule has 0 aromatic heterocycles. The van der Waals surface area contributed by atoms with E-state index in [1.807, 2.05) is 38.1 Å². The largest absolute Gasteiger partial charge is 0.349 e. The highest BCUT2D eigenvalue weighted by molar-refractivity contribution is 6.31. The zero-order valence-corrected chi connectivity index (χ0v) is 11.7. The maximum absolute atomic E-state index is 12.0. The van der Waals surface area contributed by atoms with Crippen molar-refractivity contribution in [1.82, 2.24) is 5.32 Å². The summed E-state index contributed by atoms with van der Waals surface area (Å²) in [7, 11) is 0. The molecule has 1 aromatic rings. The first kappa shape index (κ1) is 15.0. The highest BCUT2D eigenvalue weighted by Crippen LogP contribution is 2.22. The normalized spacial score (nSPS) is 14.0. The Balaban J connectivity index is 2.67. The molecule has 1 unspecified atom stereocenters. The Morgan fingerprint density at radius 3 is 2.67 bits per heavy atom. The number of hydrogen-bond donors (Lipinski definition) is 2. The third-order valence-corrected chi connectivity index (χ3v) is 3.37. The molecule has 0 saturated heterocycles. The van der Waals surface area contributed by atoms with Crippen molar-refractivity contribution in [3.63, 3.8) is 0 Å². The smallest absolute Gasteiger partial charge is 0.224 e. The van der Waals surface area contributed by atoms with Gasteiger partial charge in [0.25, 0.3) is 0 Å². The molecular weight excluding hydrogens is 248 g/mol. The third-order valence-electron chi connectivity index (χ3n) is 3.02. The molecule has 1 rings (SSSR count). The van der Waals surface area contributed by atoms with Gasteiger partial charge < -0.3 is 11.1 Å². The molecule has 0 heterocycles. The Morgan fingerprint density at radius 2 is 2.11 bits per heavy atom. The van der Waals surface area contributed by atoms with E-state index in [1.54, 1.807) is 0 Å². The quantitative estimate of drug-likeness (QED) is 0.834. The van der Waals surface area contributed by atoms with E-state index < -0.39 is 0 Å². The fourth-order valence-corrected chi connectivity index (χ4v) is 2.24. The molecule has 4 heteroatoms. The van der Waals surface area contributed by atoms with Crippen molar-refractivity contribution >= 4 is 17.5 Å². The molecule has 0 saturated carbocycles. The second-order valence-corrected chi connectivity index (χ2v) is 4.88. The first-order valence-electron chi connectivity index (χ1n) is 6.35. The molecule has 3 N–H and O–H groups in total. The SMILES string of the molecule is CCCC(CN)C(=O)N[C@@H](C)c1ccccc1Cl. The Kier molecular flexibility index (Phi) is 6.16. The van der Waals surface area contributed by atoms with Crippen LogP contribution in [0.15, 0.2) is 24.3 Å². The molecule has 1 aromatic carbocycles. The van der Waals surface area contributed by atoms with Crippen molar-refractivity contribution in [2.75, 3.05) is 6.54 Å². The first-order chi connectivity index (χ1) is 8.60. The van der Waals surface area contributed by atoms with Crippen LogP contribution < -0.4 is 11.1 Å². The van der Waals surface area contributed by atoms with Crippen LogP contribution in [0, 0.1) is 5.92 Å². The average molecular weight is 269 g/mol. The van der Waals surface area contributed by atoms with Crippen LogP contribution in [0.2, 0.25) is 5.02 Å². The van der Waals surface area contributed by atoms with Crippen molar-refractivity contribution < 1.29 is 4.79 Å². The summed E-state index contributed by atoms with van der Waals surface area (Å²) in [4.78, 5) is 12.0. The number of hydrogen-bond acceptors (Lipinski definition) is 2. The van der Waals surface area contributed by atoms with Gasteiger partial charge in [-0.2, -0.15) is 0 Å². The molecule has 0 aliphatic carbocycles. The van der Waals surface area contributed by atoms with Crippen LogP contribution in [-0.4, -0.2) is 12.5 Å². The lowest BCUT2D eigenvalue weighted by Crippen LogP contribution is -2.36. The van der Waals surface area contributed by atoms with Crippen LogP contribution >= 0.6 is 11.6 Å². The molecule has 0 radical (unpaired) electrons. The van der Waals surface area contributed by atoms with Gasteiger partial charge in [0.1, 0.15) is 0 Å². The summed E-state index contributed by atoms with van der Waals surface area (Å²) in [6.45, 7) is 4.36. The summed E-state index contributed by atoms with van der Waals surface area (Å²) in [5.41, 5.74) is 6.55. The van der Waals surface area contributed by atoms with Crippen LogP contribution in [0.5, 0.6) is 0 Å². The van der Waals surface area contributed by atoms with Crippen LogP contribution in [0.4, 0.5) is 0 Å². The van der Waals surface area contributed by atoms with Gasteiger partial charge in [-0.15, -0.1) is 0 Å². The molecular formula is C14H21ClN2O. The maximum Gasteiger partial charge on any atom is 0.224 e. The third kappa shape index (κ3) is 4.00. The van der Waals surface area contributed by atoms with Crippen molar-refractivity contribution in [2.45, 2.75) is 32.7 Å². The maximum atomic E-state index is 12.0. The predicted octanol–water partition coefficient (Wildman–Crippen LogP) is 2.89. The lowest BCUT2D eigenvalue weighted by atomic mass is 10.0. The van der Waals surface area contributed by atoms with E-state index in [9.17, 15) is 4.79 Å². The fourth-order valence-electron chi connectivity index (χ4n) is 1.94. The van der Waals surface area contributed by atoms with Crippen LogP contribution in [0.25, 0.3) is 0 Å². The molecule has 3 nitrogen and oxygen atoms in total. The van der Waals surface area contributed by atoms with Crippen molar-refractivity contribution in [1.29, 1.82) is 0 Å². The lowest BCUT2D eigenvalue weighted by molar-refractivity contribution is -0.125. The minimum Gasteiger partial charge on any atom is -0.349 e. The predicted molar refractivity (Wildman–Crippen MR) is 75.5 cm³/mol. The highest BCUT2D eigenvalue weighted by atomic mass is 35.5. The molecule has 0 spiro atoms. The van der Waals surface area contributed by atoms with Crippen LogP contribution in [0.3, 0.4) is 0 Å². The van der Waals surface area contributed by atoms with E-state index in [4.69, 9.17) is 17.3 Å². The Labute approximate surface area is 114 Å². The van der Waals surface area contributed by atoms with E-state index in [0.717, 1.165) is 18.4 Å². The number of rotatable bonds is 6. The topological polar surface area (TPSA) is 55.1 Å². The van der Waals surface area contributed by atoms with Crippen molar-refractivity contribution in [2.24, 2.45) is 11.7 Å². The van der Waals surface area contributed by atoms with Gasteiger partial charge in [-0.3, -0.25) is 4.79 Å². The summed E-state index contributed by atoms with van der Waals surface area (Å²) in [5, 5.41) is 3.64. The number of carbonyl (C=O) groups is 1. The fraction of sp³-hybridized carbons (Fsp3) is 0.500. The first-order valence-corrected chi connectivity index (χ1v) is 6.72. The van der Waals surface area contributed by atoms with E-state index >= 15 is 0 Å². The Morgan fingerprint density at radius 1 is 1.44 bits per heavy atom. The van der Waals surface area contributed by atoms with Crippen LogP contribution in [-0.2, 0) is 4.79 Å². The summed E-state index contributed by atoms with van der Waals surface area (Å²) in [5.74, 6) is -0.105. The van der Waals surface area contributed by atoms with Gasteiger partial charge in [-0.25, -0.2) is 0 Å². The van der Waals surface area contributed by atoms with Gasteiger partial charge in [0.05, 0.1) is 12.0 Å². The lowest BCUT2D eigenvalue weighted by Gasteiger charge is -2.19. The summed E-state index contributed by atoms with van der Waals surface area (Å²) < 4.78 is 0. The molecule has 0 bridgehead atoms. The number of carbonyl (C=O) groups excluding carboxylic acids is 1. The zero-order chi connectivity index (χ0) is 13.5. The number of nitrogens with one attached hydrogen (secondary N) is 1. The van der Waals surface area contributed by atoms with E-state index in [0.29, 0.717) is 11.6 Å². The van der Waals surface area contributed by atoms with Gasteiger partial charge >= 0.3 is 0 Å². The van der Waals surface area contributed by atoms with Gasteiger partial charge in [-0.05, 0) is 25.0 Å². The zero-order valence-electron chi connectivity index (χ0n) is 10.9.